The lowest BCUT2D eigenvalue weighted by Gasteiger charge is -2.22. The first-order chi connectivity index (χ1) is 17.0. The third-order valence-electron chi connectivity index (χ3n) is 6.83. The molecular formula is C34H28S. The molecule has 0 nitrogen and oxygen atoms in total. The van der Waals surface area contributed by atoms with Gasteiger partial charge in [0.2, 0.25) is 0 Å². The Morgan fingerprint density at radius 2 is 0.971 bits per heavy atom. The summed E-state index contributed by atoms with van der Waals surface area (Å²) in [5, 5.41) is 2.69. The van der Waals surface area contributed by atoms with Crippen molar-refractivity contribution in [3.8, 4) is 33.4 Å². The van der Waals surface area contributed by atoms with E-state index in [0.29, 0.717) is 0 Å². The lowest BCUT2D eigenvalue weighted by atomic mass is 9.83. The molecule has 0 bridgehead atoms. The van der Waals surface area contributed by atoms with Crippen LogP contribution in [0.3, 0.4) is 0 Å². The number of thiophene rings is 1. The van der Waals surface area contributed by atoms with Crippen molar-refractivity contribution >= 4 is 31.5 Å². The van der Waals surface area contributed by atoms with Gasteiger partial charge in [0, 0.05) is 20.2 Å². The molecule has 1 aromatic heterocycles. The largest absolute Gasteiger partial charge is 0.135 e. The second kappa shape index (κ2) is 8.52. The molecule has 0 radical (unpaired) electrons. The number of benzene rings is 5. The van der Waals surface area contributed by atoms with Crippen LogP contribution in [0.15, 0.2) is 115 Å². The van der Waals surface area contributed by atoms with E-state index in [-0.39, 0.29) is 5.41 Å². The molecule has 0 amide bonds. The van der Waals surface area contributed by atoms with Gasteiger partial charge in [-0.2, -0.15) is 0 Å². The van der Waals surface area contributed by atoms with Crippen LogP contribution >= 0.6 is 11.3 Å². The second-order valence-electron chi connectivity index (χ2n) is 10.3. The zero-order valence-corrected chi connectivity index (χ0v) is 21.2. The SMILES string of the molecule is CC(C)(C)c1cc(-c2ccccc2)cc(-c2ccc(-c3ccc4sc5ccccc5c4c3)cc2)c1. The normalized spacial score (nSPS) is 11.9. The summed E-state index contributed by atoms with van der Waals surface area (Å²) in [6, 6.07) is 42.3. The Hall–Kier alpha value is -3.68. The van der Waals surface area contributed by atoms with Crippen molar-refractivity contribution in [2.24, 2.45) is 0 Å². The van der Waals surface area contributed by atoms with Crippen LogP contribution in [-0.2, 0) is 5.41 Å². The predicted molar refractivity (Wildman–Crippen MR) is 154 cm³/mol. The first kappa shape index (κ1) is 21.8. The number of hydrogen-bond donors (Lipinski definition) is 0. The van der Waals surface area contributed by atoms with Gasteiger partial charge in [-0.3, -0.25) is 0 Å². The maximum Gasteiger partial charge on any atom is 0.0355 e. The standard InChI is InChI=1S/C34H28S/c1-34(2,3)29-20-27(23-9-5-4-6-10-23)19-28(21-29)25-15-13-24(14-16-25)26-17-18-33-31(22-26)30-11-7-8-12-32(30)35-33/h4-22H,1-3H3. The molecule has 0 spiro atoms. The molecule has 0 saturated heterocycles. The molecule has 1 heterocycles. The Bertz CT molecular complexity index is 1650. The van der Waals surface area contributed by atoms with Crippen molar-refractivity contribution in [3.63, 3.8) is 0 Å². The summed E-state index contributed by atoms with van der Waals surface area (Å²) < 4.78 is 2.70. The summed E-state index contributed by atoms with van der Waals surface area (Å²) in [5.74, 6) is 0. The summed E-state index contributed by atoms with van der Waals surface area (Å²) in [6.45, 7) is 6.86. The van der Waals surface area contributed by atoms with Gasteiger partial charge in [-0.05, 0) is 68.6 Å². The van der Waals surface area contributed by atoms with Crippen LogP contribution < -0.4 is 0 Å². The highest BCUT2D eigenvalue weighted by molar-refractivity contribution is 7.25. The van der Waals surface area contributed by atoms with Crippen molar-refractivity contribution in [3.05, 3.63) is 121 Å². The summed E-state index contributed by atoms with van der Waals surface area (Å²) in [7, 11) is 0. The highest BCUT2D eigenvalue weighted by atomic mass is 32.1. The highest BCUT2D eigenvalue weighted by Gasteiger charge is 2.16. The van der Waals surface area contributed by atoms with Gasteiger partial charge in [0.1, 0.15) is 0 Å². The van der Waals surface area contributed by atoms with E-state index in [1.54, 1.807) is 0 Å². The minimum Gasteiger partial charge on any atom is -0.135 e. The molecule has 1 heteroatoms. The fourth-order valence-corrected chi connectivity index (χ4v) is 5.87. The number of rotatable bonds is 3. The average molecular weight is 469 g/mol. The first-order valence-corrected chi connectivity index (χ1v) is 13.0. The molecule has 5 aromatic carbocycles. The van der Waals surface area contributed by atoms with E-state index in [2.05, 4.69) is 136 Å². The van der Waals surface area contributed by atoms with Gasteiger partial charge >= 0.3 is 0 Å². The fourth-order valence-electron chi connectivity index (χ4n) is 4.79. The van der Waals surface area contributed by atoms with Gasteiger partial charge in [0.15, 0.2) is 0 Å². The minimum atomic E-state index is 0.0815. The molecular weight excluding hydrogens is 440 g/mol. The lowest BCUT2D eigenvalue weighted by Crippen LogP contribution is -2.11. The molecule has 0 saturated carbocycles. The fraction of sp³-hybridized carbons (Fsp3) is 0.118. The zero-order valence-electron chi connectivity index (χ0n) is 20.4. The molecule has 6 rings (SSSR count). The smallest absolute Gasteiger partial charge is 0.0355 e. The van der Waals surface area contributed by atoms with Crippen LogP contribution in [0.2, 0.25) is 0 Å². The van der Waals surface area contributed by atoms with Gasteiger partial charge in [-0.1, -0.05) is 112 Å². The topological polar surface area (TPSA) is 0 Å². The molecule has 0 N–H and O–H groups in total. The average Bonchev–Trinajstić information content (AvgIpc) is 3.26. The minimum absolute atomic E-state index is 0.0815. The van der Waals surface area contributed by atoms with Gasteiger partial charge in [0.05, 0.1) is 0 Å². The van der Waals surface area contributed by atoms with Crippen LogP contribution in [0.4, 0.5) is 0 Å². The Balaban J connectivity index is 1.41. The molecule has 0 aliphatic carbocycles. The van der Waals surface area contributed by atoms with E-state index in [4.69, 9.17) is 0 Å². The number of hydrogen-bond acceptors (Lipinski definition) is 1. The van der Waals surface area contributed by atoms with E-state index in [1.807, 2.05) is 11.3 Å². The molecule has 170 valence electrons. The van der Waals surface area contributed by atoms with E-state index >= 15 is 0 Å². The molecule has 0 unspecified atom stereocenters. The Morgan fingerprint density at radius 1 is 0.429 bits per heavy atom. The Kier molecular flexibility index (Phi) is 5.31. The van der Waals surface area contributed by atoms with Crippen molar-refractivity contribution in [2.75, 3.05) is 0 Å². The van der Waals surface area contributed by atoms with Crippen molar-refractivity contribution in [1.82, 2.24) is 0 Å². The van der Waals surface area contributed by atoms with E-state index in [1.165, 1.54) is 59.1 Å². The van der Waals surface area contributed by atoms with Gasteiger partial charge in [-0.25, -0.2) is 0 Å². The van der Waals surface area contributed by atoms with E-state index in [0.717, 1.165) is 0 Å². The monoisotopic (exact) mass is 468 g/mol. The third-order valence-corrected chi connectivity index (χ3v) is 7.99. The van der Waals surface area contributed by atoms with E-state index in [9.17, 15) is 0 Å². The zero-order chi connectivity index (χ0) is 24.0. The maximum atomic E-state index is 2.35. The molecule has 0 fully saturated rings. The van der Waals surface area contributed by atoms with Crippen LogP contribution in [-0.4, -0.2) is 0 Å². The maximum absolute atomic E-state index is 2.35. The summed E-state index contributed by atoms with van der Waals surface area (Å²) in [6.07, 6.45) is 0. The van der Waals surface area contributed by atoms with Crippen molar-refractivity contribution in [2.45, 2.75) is 26.2 Å². The quantitative estimate of drug-likeness (QED) is 0.242. The number of fused-ring (bicyclic) bond motifs is 3. The van der Waals surface area contributed by atoms with Crippen molar-refractivity contribution < 1.29 is 0 Å². The summed E-state index contributed by atoms with van der Waals surface area (Å²) >= 11 is 1.87. The van der Waals surface area contributed by atoms with Crippen LogP contribution in [0.1, 0.15) is 26.3 Å². The molecule has 0 aliphatic rings. The Morgan fingerprint density at radius 3 is 1.66 bits per heavy atom. The van der Waals surface area contributed by atoms with Crippen molar-refractivity contribution in [1.29, 1.82) is 0 Å². The summed E-state index contributed by atoms with van der Waals surface area (Å²) in [5.41, 5.74) is 8.99. The lowest BCUT2D eigenvalue weighted by molar-refractivity contribution is 0.590. The molecule has 0 atom stereocenters. The highest BCUT2D eigenvalue weighted by Crippen LogP contribution is 2.37. The predicted octanol–water partition coefficient (Wildman–Crippen LogP) is 10.4. The molecule has 0 aliphatic heterocycles. The van der Waals surface area contributed by atoms with Crippen LogP contribution in [0.5, 0.6) is 0 Å². The Labute approximate surface area is 211 Å². The first-order valence-electron chi connectivity index (χ1n) is 12.2. The van der Waals surface area contributed by atoms with Crippen LogP contribution in [0, 0.1) is 0 Å². The van der Waals surface area contributed by atoms with Gasteiger partial charge < -0.3 is 0 Å². The molecule has 6 aromatic rings. The molecule has 35 heavy (non-hydrogen) atoms. The van der Waals surface area contributed by atoms with Crippen LogP contribution in [0.25, 0.3) is 53.6 Å². The second-order valence-corrected chi connectivity index (χ2v) is 11.4. The van der Waals surface area contributed by atoms with E-state index < -0.39 is 0 Å². The third kappa shape index (κ3) is 4.17. The summed E-state index contributed by atoms with van der Waals surface area (Å²) in [4.78, 5) is 0. The van der Waals surface area contributed by atoms with Gasteiger partial charge in [0.25, 0.3) is 0 Å². The van der Waals surface area contributed by atoms with Gasteiger partial charge in [-0.15, -0.1) is 11.3 Å².